The maximum absolute atomic E-state index is 10.1. The van der Waals surface area contributed by atoms with Gasteiger partial charge in [0.25, 0.3) is 0 Å². The number of hydrogen-bond donors (Lipinski definition) is 2. The van der Waals surface area contributed by atoms with E-state index < -0.39 is 0 Å². The number of nitrogens with zero attached hydrogens (tertiary/aromatic N) is 2. The molecule has 0 bridgehead atoms. The number of nitrogens with one attached hydrogen (secondary N) is 1. The number of hydrogen-bond acceptors (Lipinski definition) is 4. The lowest BCUT2D eigenvalue weighted by Gasteiger charge is -2.42. The van der Waals surface area contributed by atoms with Crippen molar-refractivity contribution in [2.24, 2.45) is 0 Å². The summed E-state index contributed by atoms with van der Waals surface area (Å²) in [6.45, 7) is 11.6. The first kappa shape index (κ1) is 15.2. The quantitative estimate of drug-likeness (QED) is 0.799. The molecule has 19 heavy (non-hydrogen) atoms. The lowest BCUT2D eigenvalue weighted by Crippen LogP contribution is -2.53. The molecule has 2 heterocycles. The average Bonchev–Trinajstić information content (AvgIpc) is 2.80. The van der Waals surface area contributed by atoms with Gasteiger partial charge in [-0.05, 0) is 52.6 Å². The first-order valence-electron chi connectivity index (χ1n) is 7.99. The van der Waals surface area contributed by atoms with Crippen LogP contribution in [0.3, 0.4) is 0 Å². The summed E-state index contributed by atoms with van der Waals surface area (Å²) in [6, 6.07) is 0.625. The van der Waals surface area contributed by atoms with Crippen molar-refractivity contribution < 1.29 is 5.11 Å². The predicted molar refractivity (Wildman–Crippen MR) is 79.4 cm³/mol. The molecule has 112 valence electrons. The van der Waals surface area contributed by atoms with Crippen LogP contribution >= 0.6 is 0 Å². The van der Waals surface area contributed by atoms with Crippen LogP contribution in [0.25, 0.3) is 0 Å². The topological polar surface area (TPSA) is 38.7 Å². The molecule has 2 aliphatic rings. The second-order valence-corrected chi connectivity index (χ2v) is 6.46. The van der Waals surface area contributed by atoms with E-state index in [-0.39, 0.29) is 5.54 Å². The molecule has 0 radical (unpaired) electrons. The van der Waals surface area contributed by atoms with Gasteiger partial charge in [-0.3, -0.25) is 4.90 Å². The Hall–Kier alpha value is -0.160. The van der Waals surface area contributed by atoms with E-state index in [1.807, 2.05) is 0 Å². The van der Waals surface area contributed by atoms with E-state index in [2.05, 4.69) is 29.0 Å². The van der Waals surface area contributed by atoms with Gasteiger partial charge in [-0.15, -0.1) is 0 Å². The van der Waals surface area contributed by atoms with E-state index in [4.69, 9.17) is 0 Å². The van der Waals surface area contributed by atoms with Crippen LogP contribution in [0.5, 0.6) is 0 Å². The van der Waals surface area contributed by atoms with Gasteiger partial charge in [-0.1, -0.05) is 0 Å². The van der Waals surface area contributed by atoms with Crippen molar-refractivity contribution in [2.45, 2.75) is 51.1 Å². The van der Waals surface area contributed by atoms with Gasteiger partial charge in [0.2, 0.25) is 0 Å². The number of likely N-dealkylation sites (tertiary alicyclic amines) is 1. The van der Waals surface area contributed by atoms with Crippen molar-refractivity contribution in [2.75, 3.05) is 45.9 Å². The third kappa shape index (κ3) is 3.69. The first-order valence-corrected chi connectivity index (χ1v) is 7.99. The van der Waals surface area contributed by atoms with Gasteiger partial charge in [0.1, 0.15) is 0 Å². The second-order valence-electron chi connectivity index (χ2n) is 6.46. The summed E-state index contributed by atoms with van der Waals surface area (Å²) in [4.78, 5) is 5.13. The van der Waals surface area contributed by atoms with Crippen LogP contribution in [0, 0.1) is 0 Å². The molecule has 2 rings (SSSR count). The standard InChI is InChI=1S/C15H31N3O/c1-14(2)17-9-3-5-15(13-19,6-11-17)18-10-4-7-16-8-12-18/h14,16,19H,3-13H2,1-2H3. The van der Waals surface area contributed by atoms with Crippen molar-refractivity contribution in [3.05, 3.63) is 0 Å². The summed E-state index contributed by atoms with van der Waals surface area (Å²) >= 11 is 0. The Morgan fingerprint density at radius 3 is 2.63 bits per heavy atom. The Morgan fingerprint density at radius 2 is 1.89 bits per heavy atom. The van der Waals surface area contributed by atoms with Crippen molar-refractivity contribution in [1.82, 2.24) is 15.1 Å². The first-order chi connectivity index (χ1) is 9.18. The Labute approximate surface area is 118 Å². The highest BCUT2D eigenvalue weighted by Gasteiger charge is 2.37. The zero-order valence-corrected chi connectivity index (χ0v) is 12.7. The summed E-state index contributed by atoms with van der Waals surface area (Å²) in [5.41, 5.74) is 0.0374. The molecule has 2 aliphatic heterocycles. The van der Waals surface area contributed by atoms with Crippen LogP contribution in [-0.2, 0) is 0 Å². The average molecular weight is 269 g/mol. The van der Waals surface area contributed by atoms with E-state index in [0.717, 1.165) is 45.6 Å². The molecular weight excluding hydrogens is 238 g/mol. The summed E-state index contributed by atoms with van der Waals surface area (Å²) in [6.07, 6.45) is 4.67. The highest BCUT2D eigenvalue weighted by atomic mass is 16.3. The lowest BCUT2D eigenvalue weighted by molar-refractivity contribution is 0.0208. The number of rotatable bonds is 3. The maximum atomic E-state index is 10.1. The summed E-state index contributed by atoms with van der Waals surface area (Å²) in [7, 11) is 0. The van der Waals surface area contributed by atoms with Gasteiger partial charge in [-0.2, -0.15) is 0 Å². The minimum atomic E-state index is 0.0374. The summed E-state index contributed by atoms with van der Waals surface area (Å²) in [5.74, 6) is 0. The third-order valence-electron chi connectivity index (χ3n) is 4.99. The molecule has 0 spiro atoms. The zero-order chi connectivity index (χ0) is 13.7. The highest BCUT2D eigenvalue weighted by molar-refractivity contribution is 4.94. The molecule has 0 aromatic carbocycles. The summed E-state index contributed by atoms with van der Waals surface area (Å²) < 4.78 is 0. The third-order valence-corrected chi connectivity index (χ3v) is 4.99. The molecule has 0 saturated carbocycles. The van der Waals surface area contributed by atoms with Crippen LogP contribution in [0.2, 0.25) is 0 Å². The largest absolute Gasteiger partial charge is 0.394 e. The fourth-order valence-corrected chi connectivity index (χ4v) is 3.61. The predicted octanol–water partition coefficient (Wildman–Crippen LogP) is 0.907. The van der Waals surface area contributed by atoms with Crippen LogP contribution < -0.4 is 5.32 Å². The molecule has 2 saturated heterocycles. The Kier molecular flexibility index (Phi) is 5.63. The van der Waals surface area contributed by atoms with Gasteiger partial charge in [0.05, 0.1) is 6.61 Å². The zero-order valence-electron chi connectivity index (χ0n) is 12.7. The molecule has 4 heteroatoms. The van der Waals surface area contributed by atoms with Crippen molar-refractivity contribution >= 4 is 0 Å². The van der Waals surface area contributed by atoms with Crippen LogP contribution in [-0.4, -0.2) is 72.4 Å². The van der Waals surface area contributed by atoms with Crippen molar-refractivity contribution in [1.29, 1.82) is 0 Å². The van der Waals surface area contributed by atoms with Crippen LogP contribution in [0.1, 0.15) is 39.5 Å². The molecule has 2 N–H and O–H groups in total. The SMILES string of the molecule is CC(C)N1CCCC(CO)(N2CCCNCC2)CC1. The summed E-state index contributed by atoms with van der Waals surface area (Å²) in [5, 5.41) is 13.5. The second kappa shape index (κ2) is 7.02. The monoisotopic (exact) mass is 269 g/mol. The maximum Gasteiger partial charge on any atom is 0.0615 e. The molecule has 4 nitrogen and oxygen atoms in total. The fourth-order valence-electron chi connectivity index (χ4n) is 3.61. The van der Waals surface area contributed by atoms with Crippen LogP contribution in [0.4, 0.5) is 0 Å². The van der Waals surface area contributed by atoms with Crippen LogP contribution in [0.15, 0.2) is 0 Å². The minimum Gasteiger partial charge on any atom is -0.394 e. The van der Waals surface area contributed by atoms with Crippen molar-refractivity contribution in [3.8, 4) is 0 Å². The molecule has 1 unspecified atom stereocenters. The van der Waals surface area contributed by atoms with E-state index in [1.165, 1.54) is 19.4 Å². The fraction of sp³-hybridized carbons (Fsp3) is 1.00. The van der Waals surface area contributed by atoms with E-state index in [0.29, 0.717) is 12.6 Å². The minimum absolute atomic E-state index is 0.0374. The number of aliphatic hydroxyl groups excluding tert-OH is 1. The molecule has 0 aromatic heterocycles. The Balaban J connectivity index is 2.04. The van der Waals surface area contributed by atoms with E-state index >= 15 is 0 Å². The van der Waals surface area contributed by atoms with E-state index in [9.17, 15) is 5.11 Å². The van der Waals surface area contributed by atoms with E-state index in [1.54, 1.807) is 0 Å². The Bertz CT molecular complexity index is 264. The van der Waals surface area contributed by atoms with Gasteiger partial charge >= 0.3 is 0 Å². The van der Waals surface area contributed by atoms with Gasteiger partial charge < -0.3 is 15.3 Å². The lowest BCUT2D eigenvalue weighted by atomic mass is 9.89. The molecule has 2 fully saturated rings. The smallest absolute Gasteiger partial charge is 0.0615 e. The van der Waals surface area contributed by atoms with Crippen molar-refractivity contribution in [3.63, 3.8) is 0 Å². The molecule has 1 atom stereocenters. The van der Waals surface area contributed by atoms with Gasteiger partial charge in [0, 0.05) is 37.8 Å². The normalized spacial score (nSPS) is 32.2. The molecule has 0 aromatic rings. The van der Waals surface area contributed by atoms with Gasteiger partial charge in [0.15, 0.2) is 0 Å². The molecule has 0 aliphatic carbocycles. The Morgan fingerprint density at radius 1 is 1.05 bits per heavy atom. The number of aliphatic hydroxyl groups is 1. The van der Waals surface area contributed by atoms with Gasteiger partial charge in [-0.25, -0.2) is 0 Å². The molecular formula is C15H31N3O. The molecule has 0 amide bonds. The highest BCUT2D eigenvalue weighted by Crippen LogP contribution is 2.29.